The van der Waals surface area contributed by atoms with Gasteiger partial charge in [0.25, 0.3) is 0 Å². The van der Waals surface area contributed by atoms with Crippen molar-refractivity contribution in [1.82, 2.24) is 4.90 Å². The van der Waals surface area contributed by atoms with Gasteiger partial charge in [-0.05, 0) is 32.8 Å². The average Bonchev–Trinajstić information content (AvgIpc) is 2.63. The molecule has 2 aliphatic heterocycles. The third-order valence-electron chi connectivity index (χ3n) is 6.41. The van der Waals surface area contributed by atoms with E-state index in [1.807, 2.05) is 19.9 Å². The van der Waals surface area contributed by atoms with Gasteiger partial charge < -0.3 is 19.3 Å². The SMILES string of the molecule is CCC[C@@]1(C)O[C@@H]2[C@@H]([C@H](C)O)CN(Cc3ccccc3)C[C@H]2O[C@]1(C)OC. The zero-order chi connectivity index (χ0) is 19.7. The summed E-state index contributed by atoms with van der Waals surface area (Å²) in [4.78, 5) is 2.36. The highest BCUT2D eigenvalue weighted by molar-refractivity contribution is 5.15. The van der Waals surface area contributed by atoms with E-state index >= 15 is 0 Å². The summed E-state index contributed by atoms with van der Waals surface area (Å²) in [5.74, 6) is -0.798. The lowest BCUT2D eigenvalue weighted by Crippen LogP contribution is -2.70. The van der Waals surface area contributed by atoms with Gasteiger partial charge >= 0.3 is 0 Å². The largest absolute Gasteiger partial charge is 0.393 e. The summed E-state index contributed by atoms with van der Waals surface area (Å²) in [7, 11) is 1.69. The monoisotopic (exact) mass is 377 g/mol. The number of rotatable bonds is 6. The summed E-state index contributed by atoms with van der Waals surface area (Å²) < 4.78 is 19.0. The number of fused-ring (bicyclic) bond motifs is 1. The molecule has 3 rings (SSSR count). The van der Waals surface area contributed by atoms with Crippen LogP contribution in [0.5, 0.6) is 0 Å². The molecule has 152 valence electrons. The second-order valence-corrected chi connectivity index (χ2v) is 8.45. The Kier molecular flexibility index (Phi) is 6.28. The molecule has 5 nitrogen and oxygen atoms in total. The van der Waals surface area contributed by atoms with Crippen molar-refractivity contribution in [1.29, 1.82) is 0 Å². The number of methoxy groups -OCH3 is 1. The Morgan fingerprint density at radius 2 is 1.93 bits per heavy atom. The van der Waals surface area contributed by atoms with Crippen molar-refractivity contribution >= 4 is 0 Å². The molecule has 0 amide bonds. The van der Waals surface area contributed by atoms with Crippen molar-refractivity contribution in [2.45, 2.75) is 76.8 Å². The molecule has 0 saturated carbocycles. The van der Waals surface area contributed by atoms with Crippen molar-refractivity contribution in [2.75, 3.05) is 20.2 Å². The van der Waals surface area contributed by atoms with Crippen molar-refractivity contribution in [2.24, 2.45) is 5.92 Å². The number of hydrogen-bond acceptors (Lipinski definition) is 5. The summed E-state index contributed by atoms with van der Waals surface area (Å²) in [6, 6.07) is 10.4. The van der Waals surface area contributed by atoms with Crippen LogP contribution in [0.15, 0.2) is 30.3 Å². The molecule has 0 spiro atoms. The first kappa shape index (κ1) is 20.7. The Labute approximate surface area is 163 Å². The number of ether oxygens (including phenoxy) is 3. The highest BCUT2D eigenvalue weighted by Crippen LogP contribution is 2.45. The maximum absolute atomic E-state index is 10.5. The van der Waals surface area contributed by atoms with E-state index in [4.69, 9.17) is 14.2 Å². The van der Waals surface area contributed by atoms with Crippen LogP contribution >= 0.6 is 0 Å². The normalized spacial score (nSPS) is 38.4. The fraction of sp³-hybridized carbons (Fsp3) is 0.727. The van der Waals surface area contributed by atoms with E-state index in [-0.39, 0.29) is 18.1 Å². The lowest BCUT2D eigenvalue weighted by molar-refractivity contribution is -0.402. The Balaban J connectivity index is 1.83. The van der Waals surface area contributed by atoms with Crippen molar-refractivity contribution in [3.8, 4) is 0 Å². The van der Waals surface area contributed by atoms with E-state index in [9.17, 15) is 5.11 Å². The summed E-state index contributed by atoms with van der Waals surface area (Å²) in [5.41, 5.74) is 0.731. The standard InChI is InChI=1S/C22H35NO4/c1-6-12-21(3)22(4,25-5)26-19-15-23(13-17-10-8-7-9-11-17)14-18(16(2)24)20(19)27-21/h7-11,16,18-20,24H,6,12-15H2,1-5H3/t16-,18+,19+,20+,21+,22-/m0/s1. The summed E-state index contributed by atoms with van der Waals surface area (Å²) >= 11 is 0. The van der Waals surface area contributed by atoms with Crippen LogP contribution in [0.1, 0.15) is 46.1 Å². The Bertz CT molecular complexity index is 610. The van der Waals surface area contributed by atoms with Crippen LogP contribution in [-0.2, 0) is 20.8 Å². The van der Waals surface area contributed by atoms with Gasteiger partial charge in [0.2, 0.25) is 0 Å². The first-order chi connectivity index (χ1) is 12.8. The number of benzene rings is 1. The molecule has 0 radical (unpaired) electrons. The van der Waals surface area contributed by atoms with E-state index in [0.717, 1.165) is 32.5 Å². The van der Waals surface area contributed by atoms with Crippen LogP contribution in [0, 0.1) is 5.92 Å². The zero-order valence-electron chi connectivity index (χ0n) is 17.4. The van der Waals surface area contributed by atoms with E-state index in [1.165, 1.54) is 5.56 Å². The predicted octanol–water partition coefficient (Wildman–Crippen LogP) is 3.20. The molecule has 2 saturated heterocycles. The number of piperidine rings is 1. The van der Waals surface area contributed by atoms with E-state index < -0.39 is 17.5 Å². The Hall–Kier alpha value is -0.980. The highest BCUT2D eigenvalue weighted by Gasteiger charge is 2.58. The third kappa shape index (κ3) is 4.08. The molecular formula is C22H35NO4. The minimum absolute atomic E-state index is 0.00468. The highest BCUT2D eigenvalue weighted by atomic mass is 16.7. The Morgan fingerprint density at radius 3 is 2.52 bits per heavy atom. The average molecular weight is 378 g/mol. The molecule has 0 aliphatic carbocycles. The van der Waals surface area contributed by atoms with Gasteiger partial charge in [0.05, 0.1) is 12.2 Å². The maximum Gasteiger partial charge on any atom is 0.194 e. The van der Waals surface area contributed by atoms with E-state index in [1.54, 1.807) is 7.11 Å². The molecule has 0 bridgehead atoms. The topological polar surface area (TPSA) is 51.2 Å². The van der Waals surface area contributed by atoms with Crippen LogP contribution in [0.4, 0.5) is 0 Å². The second kappa shape index (κ2) is 8.18. The minimum atomic E-state index is -0.802. The molecule has 27 heavy (non-hydrogen) atoms. The molecule has 1 aromatic rings. The molecule has 1 N–H and O–H groups in total. The van der Waals surface area contributed by atoms with E-state index in [2.05, 4.69) is 43.0 Å². The fourth-order valence-corrected chi connectivity index (χ4v) is 4.62. The zero-order valence-corrected chi connectivity index (χ0v) is 17.4. The van der Waals surface area contributed by atoms with Gasteiger partial charge in [0.1, 0.15) is 11.7 Å². The number of aliphatic hydroxyl groups is 1. The number of hydrogen-bond donors (Lipinski definition) is 1. The van der Waals surface area contributed by atoms with Gasteiger partial charge in [-0.25, -0.2) is 0 Å². The van der Waals surface area contributed by atoms with Crippen LogP contribution in [-0.4, -0.2) is 59.9 Å². The molecule has 2 aliphatic rings. The van der Waals surface area contributed by atoms with Gasteiger partial charge in [-0.1, -0.05) is 43.7 Å². The smallest absolute Gasteiger partial charge is 0.194 e. The number of likely N-dealkylation sites (tertiary alicyclic amines) is 1. The molecular weight excluding hydrogens is 342 g/mol. The molecule has 1 aromatic carbocycles. The van der Waals surface area contributed by atoms with Gasteiger partial charge in [0, 0.05) is 32.7 Å². The first-order valence-electron chi connectivity index (χ1n) is 10.2. The summed E-state index contributed by atoms with van der Waals surface area (Å²) in [6.45, 7) is 10.5. The maximum atomic E-state index is 10.5. The number of nitrogens with zero attached hydrogens (tertiary/aromatic N) is 1. The molecule has 6 atom stereocenters. The molecule has 0 unspecified atom stereocenters. The van der Waals surface area contributed by atoms with Crippen LogP contribution in [0.25, 0.3) is 0 Å². The summed E-state index contributed by atoms with van der Waals surface area (Å²) in [5, 5.41) is 10.5. The fourth-order valence-electron chi connectivity index (χ4n) is 4.62. The van der Waals surface area contributed by atoms with Crippen LogP contribution < -0.4 is 0 Å². The van der Waals surface area contributed by atoms with E-state index in [0.29, 0.717) is 0 Å². The third-order valence-corrected chi connectivity index (χ3v) is 6.41. The Morgan fingerprint density at radius 1 is 1.22 bits per heavy atom. The van der Waals surface area contributed by atoms with Gasteiger partial charge in [0.15, 0.2) is 5.79 Å². The molecule has 5 heteroatoms. The molecule has 0 aromatic heterocycles. The van der Waals surface area contributed by atoms with Crippen molar-refractivity contribution in [3.05, 3.63) is 35.9 Å². The second-order valence-electron chi connectivity index (χ2n) is 8.45. The number of aliphatic hydroxyl groups excluding tert-OH is 1. The molecule has 2 heterocycles. The quantitative estimate of drug-likeness (QED) is 0.825. The summed E-state index contributed by atoms with van der Waals surface area (Å²) in [6.07, 6.45) is 1.11. The lowest BCUT2D eigenvalue weighted by Gasteiger charge is -2.58. The van der Waals surface area contributed by atoms with Gasteiger partial charge in [-0.3, -0.25) is 4.90 Å². The van der Waals surface area contributed by atoms with Crippen LogP contribution in [0.3, 0.4) is 0 Å². The van der Waals surface area contributed by atoms with Crippen molar-refractivity contribution in [3.63, 3.8) is 0 Å². The van der Waals surface area contributed by atoms with Crippen LogP contribution in [0.2, 0.25) is 0 Å². The van der Waals surface area contributed by atoms with Gasteiger partial charge in [-0.2, -0.15) is 0 Å². The first-order valence-corrected chi connectivity index (χ1v) is 10.2. The van der Waals surface area contributed by atoms with Crippen molar-refractivity contribution < 1.29 is 19.3 Å². The minimum Gasteiger partial charge on any atom is -0.393 e. The van der Waals surface area contributed by atoms with Gasteiger partial charge in [-0.15, -0.1) is 0 Å². The lowest BCUT2D eigenvalue weighted by atomic mass is 9.82. The molecule has 2 fully saturated rings. The predicted molar refractivity (Wildman–Crippen MR) is 105 cm³/mol.